The van der Waals surface area contributed by atoms with Gasteiger partial charge in [-0.2, -0.15) is 0 Å². The zero-order valence-corrected chi connectivity index (χ0v) is 16.4. The summed E-state index contributed by atoms with van der Waals surface area (Å²) in [4.78, 5) is 28.0. The van der Waals surface area contributed by atoms with Gasteiger partial charge in [-0.25, -0.2) is 15.0 Å². The van der Waals surface area contributed by atoms with E-state index >= 15 is 0 Å². The van der Waals surface area contributed by atoms with E-state index in [4.69, 9.17) is 9.40 Å². The van der Waals surface area contributed by atoms with Crippen LogP contribution in [0.15, 0.2) is 64.2 Å². The second-order valence-corrected chi connectivity index (χ2v) is 8.23. The van der Waals surface area contributed by atoms with Gasteiger partial charge in [-0.15, -0.1) is 0 Å². The van der Waals surface area contributed by atoms with Gasteiger partial charge >= 0.3 is 0 Å². The summed E-state index contributed by atoms with van der Waals surface area (Å²) in [5.74, 6) is 1.49. The standard InChI is InChI=1S/C22H21N5O2/c1-22(2)12-26(11-16-9-15-5-3-4-6-19(15)29-16)21-25-18(10-20(28)27(21)13-22)17-7-8-23-14-24-17/h3-10,14H,11-13H2,1-2H3. The van der Waals surface area contributed by atoms with Crippen molar-refractivity contribution >= 4 is 16.9 Å². The van der Waals surface area contributed by atoms with E-state index in [0.717, 1.165) is 23.3 Å². The zero-order chi connectivity index (χ0) is 20.0. The minimum absolute atomic E-state index is 0.0685. The Hall–Kier alpha value is -3.48. The highest BCUT2D eigenvalue weighted by Crippen LogP contribution is 2.32. The lowest BCUT2D eigenvalue weighted by atomic mass is 9.91. The van der Waals surface area contributed by atoms with Gasteiger partial charge in [0.1, 0.15) is 17.7 Å². The van der Waals surface area contributed by atoms with Crippen molar-refractivity contribution in [1.29, 1.82) is 0 Å². The second-order valence-electron chi connectivity index (χ2n) is 8.23. The molecule has 4 heterocycles. The molecular weight excluding hydrogens is 366 g/mol. The second kappa shape index (κ2) is 6.55. The number of hydrogen-bond donors (Lipinski definition) is 0. The molecule has 0 aliphatic carbocycles. The first-order chi connectivity index (χ1) is 14.0. The third-order valence-corrected chi connectivity index (χ3v) is 5.14. The molecular formula is C22H21N5O2. The lowest BCUT2D eigenvalue weighted by molar-refractivity contribution is 0.270. The Labute approximate surface area is 167 Å². The van der Waals surface area contributed by atoms with Crippen LogP contribution < -0.4 is 10.5 Å². The fourth-order valence-electron chi connectivity index (χ4n) is 3.95. The van der Waals surface area contributed by atoms with Crippen LogP contribution in [0, 0.1) is 5.41 Å². The van der Waals surface area contributed by atoms with Gasteiger partial charge in [0.15, 0.2) is 0 Å². The van der Waals surface area contributed by atoms with Crippen LogP contribution in [0.1, 0.15) is 19.6 Å². The summed E-state index contributed by atoms with van der Waals surface area (Å²) in [5.41, 5.74) is 1.90. The highest BCUT2D eigenvalue weighted by molar-refractivity contribution is 5.77. The predicted octanol–water partition coefficient (Wildman–Crippen LogP) is 3.49. The predicted molar refractivity (Wildman–Crippen MR) is 111 cm³/mol. The number of anilines is 1. The van der Waals surface area contributed by atoms with Crippen LogP contribution >= 0.6 is 0 Å². The number of para-hydroxylation sites is 1. The number of fused-ring (bicyclic) bond motifs is 2. The molecule has 0 bridgehead atoms. The minimum atomic E-state index is -0.0778. The molecule has 0 fully saturated rings. The maximum Gasteiger partial charge on any atom is 0.255 e. The lowest BCUT2D eigenvalue weighted by Gasteiger charge is -2.40. The zero-order valence-electron chi connectivity index (χ0n) is 16.4. The third-order valence-electron chi connectivity index (χ3n) is 5.14. The SMILES string of the molecule is CC1(C)CN(Cc2cc3ccccc3o2)c2nc(-c3ccncn3)cc(=O)n2C1. The van der Waals surface area contributed by atoms with Gasteiger partial charge in [-0.3, -0.25) is 9.36 Å². The maximum atomic E-state index is 12.9. The summed E-state index contributed by atoms with van der Waals surface area (Å²) < 4.78 is 7.77. The number of aromatic nitrogens is 4. The van der Waals surface area contributed by atoms with Crippen molar-refractivity contribution in [3.8, 4) is 11.4 Å². The molecule has 1 aromatic carbocycles. The van der Waals surface area contributed by atoms with Crippen molar-refractivity contribution in [2.24, 2.45) is 5.41 Å². The molecule has 7 heteroatoms. The van der Waals surface area contributed by atoms with Crippen molar-refractivity contribution < 1.29 is 4.42 Å². The normalized spacial score (nSPS) is 15.4. The smallest absolute Gasteiger partial charge is 0.255 e. The fraction of sp³-hybridized carbons (Fsp3) is 0.273. The lowest BCUT2D eigenvalue weighted by Crippen LogP contribution is -2.47. The average molecular weight is 387 g/mol. The summed E-state index contributed by atoms with van der Waals surface area (Å²) in [6.45, 7) is 6.25. The number of nitrogens with zero attached hydrogens (tertiary/aromatic N) is 5. The first-order valence-electron chi connectivity index (χ1n) is 9.59. The van der Waals surface area contributed by atoms with Gasteiger partial charge in [0, 0.05) is 36.2 Å². The number of hydrogen-bond acceptors (Lipinski definition) is 6. The topological polar surface area (TPSA) is 77.1 Å². The molecule has 0 amide bonds. The average Bonchev–Trinajstić information content (AvgIpc) is 3.11. The Morgan fingerprint density at radius 2 is 1.97 bits per heavy atom. The van der Waals surface area contributed by atoms with E-state index in [0.29, 0.717) is 30.4 Å². The summed E-state index contributed by atoms with van der Waals surface area (Å²) in [6.07, 6.45) is 3.11. The molecule has 0 N–H and O–H groups in total. The molecule has 7 nitrogen and oxygen atoms in total. The van der Waals surface area contributed by atoms with Gasteiger partial charge in [-0.1, -0.05) is 32.0 Å². The Morgan fingerprint density at radius 1 is 1.10 bits per heavy atom. The Kier molecular flexibility index (Phi) is 3.97. The van der Waals surface area contributed by atoms with Crippen molar-refractivity contribution in [1.82, 2.24) is 19.5 Å². The van der Waals surface area contributed by atoms with E-state index in [1.54, 1.807) is 22.9 Å². The van der Waals surface area contributed by atoms with E-state index in [-0.39, 0.29) is 11.0 Å². The van der Waals surface area contributed by atoms with Crippen molar-refractivity contribution in [3.63, 3.8) is 0 Å². The monoisotopic (exact) mass is 387 g/mol. The molecule has 0 saturated heterocycles. The quantitative estimate of drug-likeness (QED) is 0.536. The number of furan rings is 1. The van der Waals surface area contributed by atoms with Crippen LogP contribution in [-0.4, -0.2) is 26.1 Å². The Balaban J connectivity index is 1.59. The highest BCUT2D eigenvalue weighted by atomic mass is 16.3. The summed E-state index contributed by atoms with van der Waals surface area (Å²) in [5, 5.41) is 1.07. The summed E-state index contributed by atoms with van der Waals surface area (Å²) in [6, 6.07) is 13.3. The fourth-order valence-corrected chi connectivity index (χ4v) is 3.95. The molecule has 29 heavy (non-hydrogen) atoms. The van der Waals surface area contributed by atoms with Crippen LogP contribution in [0.3, 0.4) is 0 Å². The first-order valence-corrected chi connectivity index (χ1v) is 9.59. The number of rotatable bonds is 3. The van der Waals surface area contributed by atoms with Gasteiger partial charge in [0.25, 0.3) is 5.56 Å². The summed E-state index contributed by atoms with van der Waals surface area (Å²) >= 11 is 0. The highest BCUT2D eigenvalue weighted by Gasteiger charge is 2.33. The van der Waals surface area contributed by atoms with Crippen LogP contribution in [0.5, 0.6) is 0 Å². The van der Waals surface area contributed by atoms with Gasteiger partial charge in [0.05, 0.1) is 17.9 Å². The molecule has 1 aliphatic rings. The van der Waals surface area contributed by atoms with Crippen LogP contribution in [0.25, 0.3) is 22.4 Å². The maximum absolute atomic E-state index is 12.9. The molecule has 0 unspecified atom stereocenters. The molecule has 0 spiro atoms. The molecule has 0 saturated carbocycles. The third kappa shape index (κ3) is 3.29. The molecule has 0 radical (unpaired) electrons. The first kappa shape index (κ1) is 17.6. The largest absolute Gasteiger partial charge is 0.459 e. The molecule has 4 aromatic rings. The summed E-state index contributed by atoms with van der Waals surface area (Å²) in [7, 11) is 0. The molecule has 3 aromatic heterocycles. The van der Waals surface area contributed by atoms with E-state index < -0.39 is 0 Å². The van der Waals surface area contributed by atoms with Gasteiger partial charge < -0.3 is 9.32 Å². The van der Waals surface area contributed by atoms with Crippen LogP contribution in [0.4, 0.5) is 5.95 Å². The van der Waals surface area contributed by atoms with Crippen molar-refractivity contribution in [2.75, 3.05) is 11.4 Å². The minimum Gasteiger partial charge on any atom is -0.459 e. The van der Waals surface area contributed by atoms with Gasteiger partial charge in [-0.05, 0) is 18.2 Å². The Morgan fingerprint density at radius 3 is 2.76 bits per heavy atom. The van der Waals surface area contributed by atoms with E-state index in [9.17, 15) is 4.79 Å². The Bertz CT molecular complexity index is 1210. The van der Waals surface area contributed by atoms with Crippen LogP contribution in [-0.2, 0) is 13.1 Å². The van der Waals surface area contributed by atoms with E-state index in [1.165, 1.54) is 6.33 Å². The van der Waals surface area contributed by atoms with Crippen molar-refractivity contribution in [3.05, 3.63) is 71.1 Å². The van der Waals surface area contributed by atoms with Gasteiger partial charge in [0.2, 0.25) is 5.95 Å². The van der Waals surface area contributed by atoms with Crippen LogP contribution in [0.2, 0.25) is 0 Å². The van der Waals surface area contributed by atoms with E-state index in [2.05, 4.69) is 28.7 Å². The van der Waals surface area contributed by atoms with E-state index in [1.807, 2.05) is 30.3 Å². The number of benzene rings is 1. The molecule has 0 atom stereocenters. The molecule has 1 aliphatic heterocycles. The van der Waals surface area contributed by atoms with Crippen molar-refractivity contribution in [2.45, 2.75) is 26.9 Å². The molecule has 5 rings (SSSR count). The molecule has 146 valence electrons.